The lowest BCUT2D eigenvalue weighted by molar-refractivity contribution is -0.300. The van der Waals surface area contributed by atoms with Gasteiger partial charge in [-0.05, 0) is 41.0 Å². The van der Waals surface area contributed by atoms with Crippen LogP contribution >= 0.6 is 32.3 Å². The lowest BCUT2D eigenvalue weighted by atomic mass is 10.0. The molecule has 1 saturated heterocycles. The Balaban J connectivity index is 2.55. The van der Waals surface area contributed by atoms with E-state index < -0.39 is 11.4 Å². The molecule has 1 rings (SSSR count). The van der Waals surface area contributed by atoms with Crippen LogP contribution < -0.4 is 0 Å². The van der Waals surface area contributed by atoms with Gasteiger partial charge in [0, 0.05) is 35.8 Å². The molecule has 21 heavy (non-hydrogen) atoms. The van der Waals surface area contributed by atoms with Crippen molar-refractivity contribution in [1.29, 1.82) is 0 Å². The maximum absolute atomic E-state index is 12.0. The maximum atomic E-state index is 12.0. The van der Waals surface area contributed by atoms with Gasteiger partial charge in [0.25, 0.3) is 0 Å². The first kappa shape index (κ1) is 19.6. The predicted molar refractivity (Wildman–Crippen MR) is 94.0 cm³/mol. The van der Waals surface area contributed by atoms with Gasteiger partial charge in [-0.15, -0.1) is 0 Å². The Labute approximate surface area is 144 Å². The van der Waals surface area contributed by atoms with Crippen molar-refractivity contribution < 1.29 is 19.0 Å². The van der Waals surface area contributed by atoms with Crippen molar-refractivity contribution >= 4 is 38.2 Å². The molecule has 3 atom stereocenters. The Morgan fingerprint density at radius 1 is 1.38 bits per heavy atom. The normalized spacial score (nSPS) is 25.9. The molecule has 0 radical (unpaired) electrons. The minimum Gasteiger partial charge on any atom is -0.460 e. The van der Waals surface area contributed by atoms with Gasteiger partial charge in [-0.2, -0.15) is 0 Å². The van der Waals surface area contributed by atoms with Crippen LogP contribution in [-0.2, 0) is 19.0 Å². The average molecular weight is 431 g/mol. The first-order valence-electron chi connectivity index (χ1n) is 7.22. The molecular weight excluding hydrogens is 404 g/mol. The highest BCUT2D eigenvalue weighted by Gasteiger charge is 2.36. The first-order chi connectivity index (χ1) is 9.47. The van der Waals surface area contributed by atoms with E-state index in [0.29, 0.717) is 0 Å². The Morgan fingerprint density at radius 2 is 1.95 bits per heavy atom. The van der Waals surface area contributed by atoms with Crippen molar-refractivity contribution in [2.24, 2.45) is 0 Å². The van der Waals surface area contributed by atoms with Crippen LogP contribution in [0.3, 0.4) is 0 Å². The van der Waals surface area contributed by atoms with Crippen molar-refractivity contribution in [2.45, 2.75) is 77.5 Å². The lowest BCUT2D eigenvalue weighted by Gasteiger charge is -2.41. The van der Waals surface area contributed by atoms with Crippen LogP contribution in [0.25, 0.3) is 0 Å². The molecule has 0 bridgehead atoms. The van der Waals surface area contributed by atoms with Gasteiger partial charge in [0.2, 0.25) is 0 Å². The molecule has 7 heteroatoms. The van der Waals surface area contributed by atoms with Crippen LogP contribution in [0.5, 0.6) is 0 Å². The Morgan fingerprint density at radius 3 is 2.48 bits per heavy atom. The summed E-state index contributed by atoms with van der Waals surface area (Å²) in [6, 6.07) is 0. The summed E-state index contributed by atoms with van der Waals surface area (Å²) in [6.07, 6.45) is 1.84. The molecule has 1 heterocycles. The molecule has 1 unspecified atom stereocenters. The molecule has 1 aliphatic rings. The van der Waals surface area contributed by atoms with E-state index in [1.807, 2.05) is 37.5 Å². The number of hydrogen-bond acceptors (Lipinski definition) is 5. The number of nitrogens with zero attached hydrogens (tertiary/aromatic N) is 1. The van der Waals surface area contributed by atoms with Gasteiger partial charge in [-0.1, -0.05) is 9.39 Å². The molecule has 0 spiro atoms. The number of ether oxygens (including phenoxy) is 3. The molecule has 0 amide bonds. The van der Waals surface area contributed by atoms with Gasteiger partial charge in [-0.3, -0.25) is 4.79 Å². The topological polar surface area (TPSA) is 48.0 Å². The summed E-state index contributed by atoms with van der Waals surface area (Å²) in [6.45, 7) is 10.3. The summed E-state index contributed by atoms with van der Waals surface area (Å²) < 4.78 is 19.2. The average Bonchev–Trinajstić information content (AvgIpc) is 2.20. The number of carbonyl (C=O) groups is 1. The highest BCUT2D eigenvalue weighted by atomic mass is 127. The second-order valence-corrected chi connectivity index (χ2v) is 9.73. The van der Waals surface area contributed by atoms with E-state index in [1.54, 1.807) is 0 Å². The van der Waals surface area contributed by atoms with Crippen molar-refractivity contribution in [3.8, 4) is 0 Å². The third kappa shape index (κ3) is 8.65. The van der Waals surface area contributed by atoms with Crippen LogP contribution in [0.4, 0.5) is 0 Å². The second kappa shape index (κ2) is 7.86. The molecule has 124 valence electrons. The summed E-state index contributed by atoms with van der Waals surface area (Å²) in [5.41, 5.74) is -0.460. The molecule has 0 N–H and O–H groups in total. The van der Waals surface area contributed by atoms with E-state index in [-0.39, 0.29) is 24.6 Å². The zero-order chi connectivity index (χ0) is 16.3. The monoisotopic (exact) mass is 431 g/mol. The molecule has 5 nitrogen and oxygen atoms in total. The number of carbonyl (C=O) groups excluding carboxylic acids is 1. The fourth-order valence-electron chi connectivity index (χ4n) is 2.36. The van der Waals surface area contributed by atoms with Gasteiger partial charge < -0.3 is 14.2 Å². The third-order valence-electron chi connectivity index (χ3n) is 2.91. The molecule has 0 saturated carbocycles. The summed E-state index contributed by atoms with van der Waals surface area (Å²) in [4.78, 5) is 12.0. The van der Waals surface area contributed by atoms with E-state index in [9.17, 15) is 4.79 Å². The number of rotatable bonds is 5. The van der Waals surface area contributed by atoms with Crippen LogP contribution in [0.15, 0.2) is 0 Å². The Bertz CT molecular complexity index is 357. The van der Waals surface area contributed by atoms with E-state index in [2.05, 4.69) is 32.3 Å². The lowest BCUT2D eigenvalue weighted by Crippen LogP contribution is -2.46. The fraction of sp³-hybridized carbons (Fsp3) is 0.929. The van der Waals surface area contributed by atoms with Crippen LogP contribution in [0, 0.1) is 0 Å². The van der Waals surface area contributed by atoms with Crippen molar-refractivity contribution in [3.05, 3.63) is 0 Å². The summed E-state index contributed by atoms with van der Waals surface area (Å²) >= 11 is 2.22. The second-order valence-electron chi connectivity index (χ2n) is 6.82. The number of hydrogen-bond donors (Lipinski definition) is 0. The molecule has 0 aliphatic carbocycles. The Hall–Kier alpha value is 0.510. The molecule has 0 aromatic carbocycles. The van der Waals surface area contributed by atoms with Crippen molar-refractivity contribution in [3.63, 3.8) is 0 Å². The minimum absolute atomic E-state index is 0.0963. The Kier molecular flexibility index (Phi) is 7.32. The van der Waals surface area contributed by atoms with Gasteiger partial charge in [0.1, 0.15) is 5.60 Å². The van der Waals surface area contributed by atoms with Crippen molar-refractivity contribution in [1.82, 2.24) is 2.88 Å². The fourth-order valence-corrected chi connectivity index (χ4v) is 2.79. The summed E-state index contributed by atoms with van der Waals surface area (Å²) in [5.74, 6) is -0.877. The molecule has 1 fully saturated rings. The highest BCUT2D eigenvalue weighted by Crippen LogP contribution is 2.30. The highest BCUT2D eigenvalue weighted by molar-refractivity contribution is 14.1. The molecule has 0 aromatic rings. The minimum atomic E-state index is -0.660. The number of halogens is 1. The van der Waals surface area contributed by atoms with Gasteiger partial charge in [-0.25, -0.2) is 2.88 Å². The van der Waals surface area contributed by atoms with Crippen LogP contribution in [0.2, 0.25) is 0 Å². The maximum Gasteiger partial charge on any atom is 0.308 e. The summed E-state index contributed by atoms with van der Waals surface area (Å²) in [7, 11) is 2.63. The first-order valence-corrected chi connectivity index (χ1v) is 8.70. The van der Waals surface area contributed by atoms with E-state index in [0.717, 1.165) is 19.4 Å². The molecular formula is C14H27INO4P. The van der Waals surface area contributed by atoms with E-state index >= 15 is 0 Å². The van der Waals surface area contributed by atoms with E-state index in [1.165, 1.54) is 0 Å². The zero-order valence-corrected chi connectivity index (χ0v) is 16.8. The molecule has 0 aromatic heterocycles. The largest absolute Gasteiger partial charge is 0.460 e. The zero-order valence-electron chi connectivity index (χ0n) is 13.5. The SMILES string of the molecule is CC(C)(C)OC(=O)C[C@H]1C[C@@H](CCN(P)I)OC(C)(C)O1. The van der Waals surface area contributed by atoms with Crippen molar-refractivity contribution in [2.75, 3.05) is 6.54 Å². The van der Waals surface area contributed by atoms with Gasteiger partial charge in [0.05, 0.1) is 18.6 Å². The predicted octanol–water partition coefficient (Wildman–Crippen LogP) is 3.46. The molecule has 1 aliphatic heterocycles. The van der Waals surface area contributed by atoms with Gasteiger partial charge in [0.15, 0.2) is 5.79 Å². The van der Waals surface area contributed by atoms with Gasteiger partial charge >= 0.3 is 5.97 Å². The number of esters is 1. The van der Waals surface area contributed by atoms with Crippen LogP contribution in [-0.4, -0.2) is 39.0 Å². The summed E-state index contributed by atoms with van der Waals surface area (Å²) in [5, 5.41) is 0. The quantitative estimate of drug-likeness (QED) is 0.289. The van der Waals surface area contributed by atoms with E-state index in [4.69, 9.17) is 14.2 Å². The third-order valence-corrected chi connectivity index (χ3v) is 3.65. The smallest absolute Gasteiger partial charge is 0.308 e. The van der Waals surface area contributed by atoms with Crippen LogP contribution in [0.1, 0.15) is 53.9 Å². The standard InChI is InChI=1S/C14H27INO4P/c1-13(2,3)20-12(17)9-11-8-10(6-7-16(15)21)18-14(4,5)19-11/h10-11H,6-9,21H2,1-5H3/t10-,11-/m1/s1.